The summed E-state index contributed by atoms with van der Waals surface area (Å²) in [5.74, 6) is -1.70. The minimum atomic E-state index is -0.735. The van der Waals surface area contributed by atoms with E-state index in [2.05, 4.69) is 21.3 Å². The maximum absolute atomic E-state index is 13.5. The van der Waals surface area contributed by atoms with Crippen molar-refractivity contribution in [2.45, 2.75) is 50.6 Å². The number of nitrogens with one attached hydrogen (secondary N) is 4. The first-order valence-corrected chi connectivity index (χ1v) is 19.4. The molecule has 56 heavy (non-hydrogen) atoms. The Morgan fingerprint density at radius 1 is 0.571 bits per heavy atom. The lowest BCUT2D eigenvalue weighted by molar-refractivity contribution is -0.135. The van der Waals surface area contributed by atoms with Crippen LogP contribution in [0.15, 0.2) is 48.5 Å². The smallest absolute Gasteiger partial charge is 0.407 e. The van der Waals surface area contributed by atoms with E-state index in [0.29, 0.717) is 89.4 Å². The highest BCUT2D eigenvalue weighted by Crippen LogP contribution is 2.28. The van der Waals surface area contributed by atoms with Gasteiger partial charge in [-0.1, -0.05) is 24.3 Å². The van der Waals surface area contributed by atoms with Gasteiger partial charge in [0.2, 0.25) is 23.6 Å². The summed E-state index contributed by atoms with van der Waals surface area (Å²) < 4.78 is 20.4. The Balaban J connectivity index is 0.975. The molecular weight excluding hydrogens is 724 g/mol. The fourth-order valence-corrected chi connectivity index (χ4v) is 7.96. The van der Waals surface area contributed by atoms with Gasteiger partial charge in [0.05, 0.1) is 26.1 Å². The van der Waals surface area contributed by atoms with E-state index in [0.717, 1.165) is 11.1 Å². The van der Waals surface area contributed by atoms with E-state index in [1.807, 2.05) is 48.5 Å². The Morgan fingerprint density at radius 2 is 0.929 bits per heavy atom. The molecule has 4 heterocycles. The maximum atomic E-state index is 13.5. The summed E-state index contributed by atoms with van der Waals surface area (Å²) in [4.78, 5) is 80.8. The molecule has 4 N–H and O–H groups in total. The molecule has 4 fully saturated rings. The third-order valence-corrected chi connectivity index (χ3v) is 11.3. The summed E-state index contributed by atoms with van der Waals surface area (Å²) in [5, 5.41) is 11.4. The van der Waals surface area contributed by atoms with Crippen LogP contribution in [0.4, 0.5) is 21.0 Å². The van der Waals surface area contributed by atoms with Gasteiger partial charge in [-0.05, 0) is 85.8 Å². The number of nitrogens with zero attached hydrogens (tertiary/aromatic N) is 2. The van der Waals surface area contributed by atoms with Crippen LogP contribution in [0.5, 0.6) is 0 Å². The number of carbonyl (C=O) groups is 6. The zero-order valence-electron chi connectivity index (χ0n) is 32.0. The molecule has 302 valence electrons. The van der Waals surface area contributed by atoms with Gasteiger partial charge in [-0.25, -0.2) is 9.59 Å². The van der Waals surface area contributed by atoms with Crippen molar-refractivity contribution < 1.29 is 47.7 Å². The van der Waals surface area contributed by atoms with E-state index in [9.17, 15) is 28.8 Å². The Hall–Kier alpha value is -5.22. The third kappa shape index (κ3) is 10.1. The molecule has 6 amide bonds. The molecule has 4 atom stereocenters. The predicted molar refractivity (Wildman–Crippen MR) is 204 cm³/mol. The molecule has 0 bridgehead atoms. The quantitative estimate of drug-likeness (QED) is 0.263. The Kier molecular flexibility index (Phi) is 13.8. The van der Waals surface area contributed by atoms with Gasteiger partial charge in [0, 0.05) is 64.0 Å². The number of anilines is 2. The molecule has 0 saturated carbocycles. The first kappa shape index (κ1) is 40.4. The number of likely N-dealkylation sites (tertiary alicyclic amines) is 2. The lowest BCUT2D eigenvalue weighted by atomic mass is 9.91. The second kappa shape index (κ2) is 19.1. The number of carbonyl (C=O) groups excluding carboxylic acids is 6. The zero-order valence-corrected chi connectivity index (χ0v) is 32.0. The number of methoxy groups -OCH3 is 2. The summed E-state index contributed by atoms with van der Waals surface area (Å²) >= 11 is 0. The number of alkyl carbamates (subject to hydrolysis) is 2. The van der Waals surface area contributed by atoms with Gasteiger partial charge in [-0.15, -0.1) is 0 Å². The highest BCUT2D eigenvalue weighted by Gasteiger charge is 2.40. The summed E-state index contributed by atoms with van der Waals surface area (Å²) in [7, 11) is 2.53. The van der Waals surface area contributed by atoms with Crippen LogP contribution in [0.25, 0.3) is 11.1 Å². The maximum Gasteiger partial charge on any atom is 0.407 e. The van der Waals surface area contributed by atoms with E-state index in [1.165, 1.54) is 14.2 Å². The summed E-state index contributed by atoms with van der Waals surface area (Å²) in [6.45, 7) is 3.45. The Morgan fingerprint density at radius 3 is 1.27 bits per heavy atom. The number of amides is 6. The van der Waals surface area contributed by atoms with Gasteiger partial charge in [0.25, 0.3) is 0 Å². The van der Waals surface area contributed by atoms with Crippen LogP contribution >= 0.6 is 0 Å². The van der Waals surface area contributed by atoms with Crippen molar-refractivity contribution in [2.24, 2.45) is 23.7 Å². The highest BCUT2D eigenvalue weighted by atomic mass is 16.5. The first-order chi connectivity index (χ1) is 27.1. The van der Waals surface area contributed by atoms with E-state index in [1.54, 1.807) is 9.80 Å². The van der Waals surface area contributed by atoms with Crippen LogP contribution in [-0.4, -0.2) is 125 Å². The molecule has 4 aliphatic rings. The minimum absolute atomic E-state index is 0.0699. The van der Waals surface area contributed by atoms with Crippen molar-refractivity contribution in [3.8, 4) is 11.1 Å². The molecule has 0 radical (unpaired) electrons. The van der Waals surface area contributed by atoms with Crippen LogP contribution in [0, 0.1) is 23.7 Å². The molecule has 6 rings (SSSR count). The van der Waals surface area contributed by atoms with Crippen molar-refractivity contribution in [3.63, 3.8) is 0 Å². The third-order valence-electron chi connectivity index (χ3n) is 11.3. The second-order valence-electron chi connectivity index (χ2n) is 14.8. The normalized spacial score (nSPS) is 21.4. The van der Waals surface area contributed by atoms with Crippen LogP contribution in [0.2, 0.25) is 0 Å². The number of hydrogen-bond donors (Lipinski definition) is 4. The largest absolute Gasteiger partial charge is 0.453 e. The molecule has 0 unspecified atom stereocenters. The SMILES string of the molecule is COC(=O)N[C@H](C(=O)N1CC[C@H](C(=O)Nc2ccc(-c3ccc(NC(=O)[C@@H]4CCN(C(=O)[C@H](NC(=O)OC)C5CCOCC5)C4)cc3)cc2)C1)C1CCOCC1. The van der Waals surface area contributed by atoms with E-state index < -0.39 is 24.3 Å². The van der Waals surface area contributed by atoms with Gasteiger partial charge in [0.15, 0.2) is 0 Å². The van der Waals surface area contributed by atoms with Crippen molar-refractivity contribution in [1.82, 2.24) is 20.4 Å². The second-order valence-corrected chi connectivity index (χ2v) is 14.8. The van der Waals surface area contributed by atoms with Gasteiger partial charge in [-0.2, -0.15) is 0 Å². The lowest BCUT2D eigenvalue weighted by Gasteiger charge is -2.32. The summed E-state index contributed by atoms with van der Waals surface area (Å²) in [6, 6.07) is 13.4. The number of ether oxygens (including phenoxy) is 4. The lowest BCUT2D eigenvalue weighted by Crippen LogP contribution is -2.53. The zero-order chi connectivity index (χ0) is 39.6. The molecule has 16 heteroatoms. The molecular formula is C40H52N6O10. The predicted octanol–water partition coefficient (Wildman–Crippen LogP) is 3.23. The van der Waals surface area contributed by atoms with E-state index in [-0.39, 0.29) is 60.4 Å². The molecule has 2 aromatic carbocycles. The standard InChI is InChI=1S/C40H52N6O10/c1-53-39(51)43-33(27-13-19-55-20-14-27)37(49)45-17-11-29(23-45)35(47)41-31-7-3-25(4-8-31)26-5-9-32(10-6-26)42-36(48)30-12-18-46(24-30)38(50)34(44-40(52)54-2)28-15-21-56-22-16-28/h3-10,27-30,33-34H,11-24H2,1-2H3,(H,41,47)(H,42,48)(H,43,51)(H,44,52)/t29-,30+,33-,34+. The van der Waals surface area contributed by atoms with E-state index >= 15 is 0 Å². The molecule has 16 nitrogen and oxygen atoms in total. The van der Waals surface area contributed by atoms with Crippen molar-refractivity contribution in [1.29, 1.82) is 0 Å². The number of rotatable bonds is 11. The van der Waals surface area contributed by atoms with Gasteiger partial charge in [0.1, 0.15) is 12.1 Å². The monoisotopic (exact) mass is 776 g/mol. The van der Waals surface area contributed by atoms with Crippen molar-refractivity contribution in [2.75, 3.05) is 77.5 Å². The van der Waals surface area contributed by atoms with E-state index in [4.69, 9.17) is 18.9 Å². The van der Waals surface area contributed by atoms with Crippen LogP contribution in [0.3, 0.4) is 0 Å². The van der Waals surface area contributed by atoms with Gasteiger partial charge >= 0.3 is 12.2 Å². The first-order valence-electron chi connectivity index (χ1n) is 19.4. The van der Waals surface area contributed by atoms with Crippen molar-refractivity contribution in [3.05, 3.63) is 48.5 Å². The van der Waals surface area contributed by atoms with Gasteiger partial charge < -0.3 is 50.0 Å². The molecule has 0 spiro atoms. The van der Waals surface area contributed by atoms with Crippen molar-refractivity contribution >= 4 is 47.2 Å². The molecule has 2 aromatic rings. The summed E-state index contributed by atoms with van der Waals surface area (Å²) in [6.07, 6.45) is 2.30. The highest BCUT2D eigenvalue weighted by molar-refractivity contribution is 5.95. The van der Waals surface area contributed by atoms with Gasteiger partial charge in [-0.3, -0.25) is 19.2 Å². The van der Waals surface area contributed by atoms with Crippen LogP contribution in [0.1, 0.15) is 38.5 Å². The molecule has 0 aromatic heterocycles. The number of hydrogen-bond acceptors (Lipinski definition) is 10. The topological polar surface area (TPSA) is 194 Å². The fraction of sp³-hybridized carbons (Fsp3) is 0.550. The average Bonchev–Trinajstić information content (AvgIpc) is 3.94. The molecule has 4 aliphatic heterocycles. The van der Waals surface area contributed by atoms with Crippen LogP contribution in [-0.2, 0) is 38.1 Å². The average molecular weight is 777 g/mol. The minimum Gasteiger partial charge on any atom is -0.453 e. The number of benzene rings is 2. The summed E-state index contributed by atoms with van der Waals surface area (Å²) in [5.41, 5.74) is 3.09. The Bertz CT molecular complexity index is 1590. The fourth-order valence-electron chi connectivity index (χ4n) is 7.96. The van der Waals surface area contributed by atoms with Crippen LogP contribution < -0.4 is 21.3 Å². The molecule has 0 aliphatic carbocycles. The Labute approximate surface area is 326 Å². The molecule has 4 saturated heterocycles.